The number of amides is 1. The van der Waals surface area contributed by atoms with Crippen molar-refractivity contribution in [1.82, 2.24) is 14.2 Å². The summed E-state index contributed by atoms with van der Waals surface area (Å²) in [6, 6.07) is 6.15. The van der Waals surface area contributed by atoms with E-state index in [1.807, 2.05) is 6.07 Å². The molecule has 1 fully saturated rings. The molecule has 0 spiro atoms. The third-order valence-electron chi connectivity index (χ3n) is 6.07. The van der Waals surface area contributed by atoms with Gasteiger partial charge >= 0.3 is 6.18 Å². The number of ether oxygens (including phenoxy) is 1. The largest absolute Gasteiger partial charge is 0.495 e. The van der Waals surface area contributed by atoms with Gasteiger partial charge in [0.2, 0.25) is 15.9 Å². The fraction of sp³-hybridized carbons (Fsp3) is 0.478. The van der Waals surface area contributed by atoms with Crippen LogP contribution in [-0.2, 0) is 27.5 Å². The van der Waals surface area contributed by atoms with E-state index in [2.05, 4.69) is 11.6 Å². The number of aryl methyl sites for hydroxylation is 1. The number of halogens is 3. The van der Waals surface area contributed by atoms with E-state index in [1.54, 1.807) is 27.8 Å². The number of nitriles is 1. The molecule has 2 aromatic rings. The zero-order chi connectivity index (χ0) is 25.8. The van der Waals surface area contributed by atoms with E-state index in [9.17, 15) is 31.6 Å². The molecule has 1 unspecified atom stereocenters. The molecule has 1 aromatic carbocycles. The van der Waals surface area contributed by atoms with Crippen molar-refractivity contribution in [2.45, 2.75) is 49.8 Å². The Labute approximate surface area is 202 Å². The number of hydrogen-bond acceptors (Lipinski definition) is 5. The number of nitrogens with one attached hydrogen (secondary N) is 1. The molecule has 1 atom stereocenters. The number of likely N-dealkylation sites (tertiary alicyclic amines) is 1. The van der Waals surface area contributed by atoms with Crippen LogP contribution in [0.3, 0.4) is 0 Å². The Balaban J connectivity index is 1.92. The number of piperidine rings is 1. The van der Waals surface area contributed by atoms with E-state index in [1.165, 1.54) is 0 Å². The molecule has 1 saturated heterocycles. The number of alkyl halides is 3. The van der Waals surface area contributed by atoms with Crippen LogP contribution in [0, 0.1) is 17.2 Å². The maximum Gasteiger partial charge on any atom is 0.416 e. The predicted molar refractivity (Wildman–Crippen MR) is 121 cm³/mol. The molecular weight excluding hydrogens is 485 g/mol. The topological polar surface area (TPSA) is 104 Å². The number of rotatable bonds is 8. The standard InChI is InChI=1S/C23H27F3N4O4S/c1-16-7-11-30(12-8-16)22(31)19(9-13-29-10-3-4-18(29)15-27)28-35(32,33)21-14-17(23(24,25)26)5-6-20(21)34-2/h3-6,10,14,16,19,28H,7-9,11-13H2,1-2H3. The Bertz CT molecular complexity index is 1200. The van der Waals surface area contributed by atoms with Crippen LogP contribution in [0.5, 0.6) is 5.75 Å². The third kappa shape index (κ3) is 6.35. The highest BCUT2D eigenvalue weighted by Crippen LogP contribution is 2.34. The first-order valence-electron chi connectivity index (χ1n) is 11.1. The van der Waals surface area contributed by atoms with E-state index in [0.29, 0.717) is 30.8 Å². The Kier molecular flexibility index (Phi) is 8.12. The number of carbonyl (C=O) groups is 1. The molecule has 8 nitrogen and oxygen atoms in total. The van der Waals surface area contributed by atoms with Crippen LogP contribution in [0.4, 0.5) is 13.2 Å². The number of carbonyl (C=O) groups excluding carboxylic acids is 1. The summed E-state index contributed by atoms with van der Waals surface area (Å²) in [6.07, 6.45) is -1.61. The molecule has 0 bridgehead atoms. The van der Waals surface area contributed by atoms with Crippen molar-refractivity contribution < 1.29 is 31.1 Å². The molecule has 1 N–H and O–H groups in total. The van der Waals surface area contributed by atoms with Crippen molar-refractivity contribution in [2.24, 2.45) is 5.92 Å². The highest BCUT2D eigenvalue weighted by molar-refractivity contribution is 7.89. The molecule has 190 valence electrons. The Morgan fingerprint density at radius 3 is 2.57 bits per heavy atom. The second-order valence-corrected chi connectivity index (χ2v) is 10.2. The van der Waals surface area contributed by atoms with Gasteiger partial charge < -0.3 is 14.2 Å². The summed E-state index contributed by atoms with van der Waals surface area (Å²) in [5, 5.41) is 9.23. The van der Waals surface area contributed by atoms with E-state index in [0.717, 1.165) is 32.1 Å². The lowest BCUT2D eigenvalue weighted by Gasteiger charge is -2.33. The minimum Gasteiger partial charge on any atom is -0.495 e. The molecule has 1 aliphatic heterocycles. The fourth-order valence-corrected chi connectivity index (χ4v) is 5.39. The smallest absolute Gasteiger partial charge is 0.416 e. The van der Waals surface area contributed by atoms with Gasteiger partial charge in [-0.2, -0.15) is 23.2 Å². The molecule has 35 heavy (non-hydrogen) atoms. The number of hydrogen-bond donors (Lipinski definition) is 1. The van der Waals surface area contributed by atoms with E-state index < -0.39 is 38.6 Å². The van der Waals surface area contributed by atoms with Crippen molar-refractivity contribution in [3.63, 3.8) is 0 Å². The van der Waals surface area contributed by atoms with Crippen molar-refractivity contribution in [2.75, 3.05) is 20.2 Å². The second kappa shape index (κ2) is 10.7. The number of nitrogens with zero attached hydrogens (tertiary/aromatic N) is 3. The summed E-state index contributed by atoms with van der Waals surface area (Å²) in [5.41, 5.74) is -0.817. The molecule has 0 radical (unpaired) electrons. The Hall–Kier alpha value is -3.04. The van der Waals surface area contributed by atoms with Gasteiger partial charge in [-0.15, -0.1) is 0 Å². The van der Waals surface area contributed by atoms with Gasteiger partial charge in [0.05, 0.1) is 12.7 Å². The minimum atomic E-state index is -4.77. The minimum absolute atomic E-state index is 0.00520. The van der Waals surface area contributed by atoms with E-state index in [-0.39, 0.29) is 18.7 Å². The van der Waals surface area contributed by atoms with Crippen molar-refractivity contribution in [3.8, 4) is 11.8 Å². The maximum absolute atomic E-state index is 13.3. The molecule has 1 aliphatic rings. The van der Waals surface area contributed by atoms with Gasteiger partial charge in [0.15, 0.2) is 0 Å². The van der Waals surface area contributed by atoms with Gasteiger partial charge in [0.1, 0.15) is 28.4 Å². The first kappa shape index (κ1) is 26.6. The zero-order valence-electron chi connectivity index (χ0n) is 19.4. The molecule has 0 saturated carbocycles. The van der Waals surface area contributed by atoms with E-state index >= 15 is 0 Å². The zero-order valence-corrected chi connectivity index (χ0v) is 20.2. The summed E-state index contributed by atoms with van der Waals surface area (Å²) < 4.78 is 75.1. The number of methoxy groups -OCH3 is 1. The third-order valence-corrected chi connectivity index (χ3v) is 7.57. The normalized spacial score (nSPS) is 16.1. The lowest BCUT2D eigenvalue weighted by Crippen LogP contribution is -2.51. The van der Waals surface area contributed by atoms with Gasteiger partial charge in [-0.3, -0.25) is 4.79 Å². The van der Waals surface area contributed by atoms with Gasteiger partial charge in [-0.1, -0.05) is 6.92 Å². The summed E-state index contributed by atoms with van der Waals surface area (Å²) >= 11 is 0. The fourth-order valence-electron chi connectivity index (χ4n) is 3.97. The molecule has 12 heteroatoms. The SMILES string of the molecule is COc1ccc(C(F)(F)F)cc1S(=O)(=O)NC(CCn1cccc1C#N)C(=O)N1CCC(C)CC1. The lowest BCUT2D eigenvalue weighted by atomic mass is 9.98. The highest BCUT2D eigenvalue weighted by atomic mass is 32.2. The van der Waals surface area contributed by atoms with E-state index in [4.69, 9.17) is 4.74 Å². The average molecular weight is 513 g/mol. The van der Waals surface area contributed by atoms with Crippen LogP contribution < -0.4 is 9.46 Å². The number of aromatic nitrogens is 1. The molecule has 1 aromatic heterocycles. The van der Waals surface area contributed by atoms with Crippen molar-refractivity contribution in [1.29, 1.82) is 5.26 Å². The van der Waals surface area contributed by atoms with Gasteiger partial charge in [-0.25, -0.2) is 8.42 Å². The van der Waals surface area contributed by atoms with Gasteiger partial charge in [0.25, 0.3) is 0 Å². The van der Waals surface area contributed by atoms with Crippen LogP contribution in [0.2, 0.25) is 0 Å². The summed E-state index contributed by atoms with van der Waals surface area (Å²) in [7, 11) is -3.44. The van der Waals surface area contributed by atoms with Gasteiger partial charge in [0, 0.05) is 25.8 Å². The summed E-state index contributed by atoms with van der Waals surface area (Å²) in [4.78, 5) is 14.2. The van der Waals surface area contributed by atoms with Crippen LogP contribution in [0.1, 0.15) is 37.4 Å². The molecule has 0 aliphatic carbocycles. The molecule has 2 heterocycles. The lowest BCUT2D eigenvalue weighted by molar-refractivity contribution is -0.138. The second-order valence-electron chi connectivity index (χ2n) is 8.53. The first-order chi connectivity index (χ1) is 16.5. The average Bonchev–Trinajstić information content (AvgIpc) is 3.28. The summed E-state index contributed by atoms with van der Waals surface area (Å²) in [5.74, 6) is -0.306. The highest BCUT2D eigenvalue weighted by Gasteiger charge is 2.35. The predicted octanol–water partition coefficient (Wildman–Crippen LogP) is 3.38. The Morgan fingerprint density at radius 1 is 1.29 bits per heavy atom. The van der Waals surface area contributed by atoms with Crippen LogP contribution in [0.25, 0.3) is 0 Å². The van der Waals surface area contributed by atoms with Crippen molar-refractivity contribution in [3.05, 3.63) is 47.8 Å². The number of benzene rings is 1. The van der Waals surface area contributed by atoms with Crippen LogP contribution in [-0.4, -0.2) is 50.0 Å². The molecule has 1 amide bonds. The van der Waals surface area contributed by atoms with Crippen molar-refractivity contribution >= 4 is 15.9 Å². The monoisotopic (exact) mass is 512 g/mol. The van der Waals surface area contributed by atoms with Gasteiger partial charge in [-0.05, 0) is 55.5 Å². The number of sulfonamides is 1. The Morgan fingerprint density at radius 2 is 1.97 bits per heavy atom. The maximum atomic E-state index is 13.3. The molecule has 3 rings (SSSR count). The van der Waals surface area contributed by atoms with Crippen LogP contribution >= 0.6 is 0 Å². The van der Waals surface area contributed by atoms with Crippen LogP contribution in [0.15, 0.2) is 41.4 Å². The summed E-state index contributed by atoms with van der Waals surface area (Å²) in [6.45, 7) is 3.13. The first-order valence-corrected chi connectivity index (χ1v) is 12.6. The molecular formula is C23H27F3N4O4S. The quantitative estimate of drug-likeness (QED) is 0.584.